The van der Waals surface area contributed by atoms with E-state index in [2.05, 4.69) is 25.2 Å². The Balaban J connectivity index is 3.33. The summed E-state index contributed by atoms with van der Waals surface area (Å²) in [6.07, 6.45) is 29.7. The molecule has 0 rings (SSSR count). The van der Waals surface area contributed by atoms with Gasteiger partial charge in [0, 0.05) is 6.42 Å². The Labute approximate surface area is 131 Å². The molecule has 0 spiro atoms. The second-order valence-corrected chi connectivity index (χ2v) is 5.29. The number of allylic oxidation sites excluding steroid dienone is 8. The molecule has 0 aliphatic carbocycles. The molecule has 0 aromatic rings. The normalized spacial score (nSPS) is 12.4. The fraction of sp³-hybridized carbons (Fsp3) is 0.550. The lowest BCUT2D eigenvalue weighted by Crippen LogP contribution is -1.79. The van der Waals surface area contributed by atoms with Crippen LogP contribution in [0, 0.1) is 0 Å². The van der Waals surface area contributed by atoms with Crippen molar-refractivity contribution < 1.29 is 4.79 Å². The van der Waals surface area contributed by atoms with E-state index in [1.807, 2.05) is 30.4 Å². The third kappa shape index (κ3) is 18.6. The Morgan fingerprint density at radius 1 is 0.619 bits per heavy atom. The first kappa shape index (κ1) is 19.6. The van der Waals surface area contributed by atoms with E-state index in [1.165, 1.54) is 57.8 Å². The highest BCUT2D eigenvalue weighted by atomic mass is 16.1. The number of hydrogen-bond donors (Lipinski definition) is 0. The summed E-state index contributed by atoms with van der Waals surface area (Å²) in [7, 11) is 0. The van der Waals surface area contributed by atoms with Crippen molar-refractivity contribution in [1.29, 1.82) is 0 Å². The summed E-state index contributed by atoms with van der Waals surface area (Å²) in [6.45, 7) is 2.26. The number of carbonyl (C=O) groups excluding carboxylic acids is 1. The number of aldehydes is 1. The van der Waals surface area contributed by atoms with Crippen molar-refractivity contribution in [2.24, 2.45) is 0 Å². The summed E-state index contributed by atoms with van der Waals surface area (Å²) in [4.78, 5) is 10.1. The molecular weight excluding hydrogens is 256 g/mol. The van der Waals surface area contributed by atoms with Gasteiger partial charge < -0.3 is 4.79 Å². The molecule has 21 heavy (non-hydrogen) atoms. The monoisotopic (exact) mass is 288 g/mol. The highest BCUT2D eigenvalue weighted by Crippen LogP contribution is 2.09. The third-order valence-electron chi connectivity index (χ3n) is 3.28. The zero-order chi connectivity index (χ0) is 15.4. The molecule has 0 aromatic heterocycles. The van der Waals surface area contributed by atoms with E-state index in [1.54, 1.807) is 0 Å². The van der Waals surface area contributed by atoms with Gasteiger partial charge in [0.15, 0.2) is 0 Å². The van der Waals surface area contributed by atoms with Crippen LogP contribution in [0.5, 0.6) is 0 Å². The summed E-state index contributed by atoms with van der Waals surface area (Å²) in [5, 5.41) is 0. The minimum Gasteiger partial charge on any atom is -0.303 e. The maximum Gasteiger partial charge on any atom is 0.123 e. The number of rotatable bonds is 14. The van der Waals surface area contributed by atoms with Gasteiger partial charge in [0.25, 0.3) is 0 Å². The lowest BCUT2D eigenvalue weighted by atomic mass is 10.1. The van der Waals surface area contributed by atoms with Crippen molar-refractivity contribution in [1.82, 2.24) is 0 Å². The molecule has 0 bridgehead atoms. The molecule has 0 N–H and O–H groups in total. The van der Waals surface area contributed by atoms with Crippen LogP contribution in [0.15, 0.2) is 48.6 Å². The van der Waals surface area contributed by atoms with Crippen LogP contribution in [0.3, 0.4) is 0 Å². The highest BCUT2D eigenvalue weighted by molar-refractivity contribution is 5.52. The predicted octanol–water partition coefficient (Wildman–Crippen LogP) is 6.33. The molecule has 0 aliphatic rings. The molecule has 0 heterocycles. The fourth-order valence-electron chi connectivity index (χ4n) is 2.04. The molecule has 1 heteroatoms. The first-order valence-corrected chi connectivity index (χ1v) is 8.50. The standard InChI is InChI=1S/C20H32O/c1-2-3-4-5-6-7-8-9-10-11-12-13-14-15-16-17-18-19-20-21/h11-18,20H,2-10,19H2,1H3. The van der Waals surface area contributed by atoms with Gasteiger partial charge in [-0.3, -0.25) is 0 Å². The van der Waals surface area contributed by atoms with Gasteiger partial charge in [-0.1, -0.05) is 100 Å². The fourth-order valence-corrected chi connectivity index (χ4v) is 2.04. The average molecular weight is 288 g/mol. The summed E-state index contributed by atoms with van der Waals surface area (Å²) in [6, 6.07) is 0. The summed E-state index contributed by atoms with van der Waals surface area (Å²) in [5.74, 6) is 0. The van der Waals surface area contributed by atoms with Crippen LogP contribution in [-0.2, 0) is 4.79 Å². The Morgan fingerprint density at radius 3 is 1.76 bits per heavy atom. The minimum atomic E-state index is 0.493. The van der Waals surface area contributed by atoms with Gasteiger partial charge in [-0.25, -0.2) is 0 Å². The molecule has 0 atom stereocenters. The summed E-state index contributed by atoms with van der Waals surface area (Å²) in [5.41, 5.74) is 0. The predicted molar refractivity (Wildman–Crippen MR) is 94.5 cm³/mol. The Hall–Kier alpha value is -1.37. The maximum absolute atomic E-state index is 10.1. The van der Waals surface area contributed by atoms with E-state index in [4.69, 9.17) is 0 Å². The van der Waals surface area contributed by atoms with E-state index < -0.39 is 0 Å². The SMILES string of the molecule is CCCCCCCCCCC=CC=CC=CC=CCC=O. The van der Waals surface area contributed by atoms with Crippen molar-refractivity contribution in [3.63, 3.8) is 0 Å². The van der Waals surface area contributed by atoms with E-state index in [-0.39, 0.29) is 0 Å². The van der Waals surface area contributed by atoms with E-state index in [0.717, 1.165) is 6.29 Å². The average Bonchev–Trinajstić information content (AvgIpc) is 2.50. The van der Waals surface area contributed by atoms with Gasteiger partial charge in [-0.2, -0.15) is 0 Å². The van der Waals surface area contributed by atoms with Gasteiger partial charge in [0.05, 0.1) is 0 Å². The topological polar surface area (TPSA) is 17.1 Å². The lowest BCUT2D eigenvalue weighted by molar-refractivity contribution is -0.107. The minimum absolute atomic E-state index is 0.493. The number of hydrogen-bond acceptors (Lipinski definition) is 1. The van der Waals surface area contributed by atoms with Crippen molar-refractivity contribution in [2.45, 2.75) is 71.1 Å². The molecule has 0 radical (unpaired) electrons. The van der Waals surface area contributed by atoms with Gasteiger partial charge in [-0.15, -0.1) is 0 Å². The van der Waals surface area contributed by atoms with Crippen LogP contribution in [0.25, 0.3) is 0 Å². The van der Waals surface area contributed by atoms with E-state index in [0.29, 0.717) is 6.42 Å². The smallest absolute Gasteiger partial charge is 0.123 e. The molecule has 1 nitrogen and oxygen atoms in total. The molecule has 0 aromatic carbocycles. The molecule has 118 valence electrons. The zero-order valence-electron chi connectivity index (χ0n) is 13.7. The van der Waals surface area contributed by atoms with Crippen molar-refractivity contribution in [3.05, 3.63) is 48.6 Å². The second-order valence-electron chi connectivity index (χ2n) is 5.29. The first-order valence-electron chi connectivity index (χ1n) is 8.50. The molecule has 0 amide bonds. The van der Waals surface area contributed by atoms with Gasteiger partial charge in [-0.05, 0) is 12.8 Å². The maximum atomic E-state index is 10.1. The lowest BCUT2D eigenvalue weighted by Gasteiger charge is -1.99. The van der Waals surface area contributed by atoms with Crippen LogP contribution in [0.4, 0.5) is 0 Å². The quantitative estimate of drug-likeness (QED) is 0.207. The molecular formula is C20H32O. The third-order valence-corrected chi connectivity index (χ3v) is 3.28. The van der Waals surface area contributed by atoms with Gasteiger partial charge in [0.2, 0.25) is 0 Å². The Kier molecular flexibility index (Phi) is 17.4. The molecule has 0 aliphatic heterocycles. The van der Waals surface area contributed by atoms with Crippen LogP contribution in [0.1, 0.15) is 71.1 Å². The van der Waals surface area contributed by atoms with Crippen LogP contribution >= 0.6 is 0 Å². The Morgan fingerprint density at radius 2 is 1.14 bits per heavy atom. The van der Waals surface area contributed by atoms with Crippen LogP contribution < -0.4 is 0 Å². The van der Waals surface area contributed by atoms with E-state index >= 15 is 0 Å². The molecule has 0 fully saturated rings. The summed E-state index contributed by atoms with van der Waals surface area (Å²) >= 11 is 0. The van der Waals surface area contributed by atoms with Crippen LogP contribution in [-0.4, -0.2) is 6.29 Å². The van der Waals surface area contributed by atoms with Crippen molar-refractivity contribution in [2.75, 3.05) is 0 Å². The number of unbranched alkanes of at least 4 members (excludes halogenated alkanes) is 8. The Bertz CT molecular complexity index is 321. The molecule has 0 unspecified atom stereocenters. The number of carbonyl (C=O) groups is 1. The largest absolute Gasteiger partial charge is 0.303 e. The van der Waals surface area contributed by atoms with Crippen LogP contribution in [0.2, 0.25) is 0 Å². The highest BCUT2D eigenvalue weighted by Gasteiger charge is 1.89. The van der Waals surface area contributed by atoms with Crippen molar-refractivity contribution in [3.8, 4) is 0 Å². The van der Waals surface area contributed by atoms with Crippen molar-refractivity contribution >= 4 is 6.29 Å². The van der Waals surface area contributed by atoms with E-state index in [9.17, 15) is 4.79 Å². The second kappa shape index (κ2) is 18.6. The van der Waals surface area contributed by atoms with Gasteiger partial charge in [0.1, 0.15) is 6.29 Å². The zero-order valence-corrected chi connectivity index (χ0v) is 13.7. The van der Waals surface area contributed by atoms with Gasteiger partial charge >= 0.3 is 0 Å². The first-order chi connectivity index (χ1) is 10.4. The molecule has 0 saturated carbocycles. The summed E-state index contributed by atoms with van der Waals surface area (Å²) < 4.78 is 0. The molecule has 0 saturated heterocycles.